The highest BCUT2D eigenvalue weighted by molar-refractivity contribution is 5.78. The second kappa shape index (κ2) is 6.48. The molecule has 0 bridgehead atoms. The molecule has 1 heterocycles. The van der Waals surface area contributed by atoms with Crippen LogP contribution in [0.5, 0.6) is 5.95 Å². The van der Waals surface area contributed by atoms with Crippen LogP contribution in [0.4, 0.5) is 22.9 Å². The van der Waals surface area contributed by atoms with Gasteiger partial charge >= 0.3 is 11.0 Å². The van der Waals surface area contributed by atoms with Crippen LogP contribution in [-0.2, 0) is 0 Å². The van der Waals surface area contributed by atoms with Crippen LogP contribution < -0.4 is 15.5 Å². The molecule has 116 valence electrons. The Morgan fingerprint density at radius 3 is 2.09 bits per heavy atom. The van der Waals surface area contributed by atoms with E-state index in [4.69, 9.17) is 4.52 Å². The number of hydrogen-bond donors (Lipinski definition) is 2. The van der Waals surface area contributed by atoms with E-state index in [1.807, 2.05) is 48.5 Å². The average Bonchev–Trinajstić information content (AvgIpc) is 2.91. The number of anilines is 4. The van der Waals surface area contributed by atoms with Crippen molar-refractivity contribution in [3.63, 3.8) is 0 Å². The van der Waals surface area contributed by atoms with Crippen molar-refractivity contribution in [1.29, 1.82) is 0 Å². The SMILES string of the molecule is O=[N+]([O-])Oc1onc(Nc2ccccc2)c1Nc1ccccc1. The molecule has 8 nitrogen and oxygen atoms in total. The average molecular weight is 312 g/mol. The van der Waals surface area contributed by atoms with Crippen molar-refractivity contribution in [2.24, 2.45) is 0 Å². The summed E-state index contributed by atoms with van der Waals surface area (Å²) in [5.41, 5.74) is 1.70. The molecule has 0 aliphatic carbocycles. The molecule has 0 aliphatic rings. The van der Waals surface area contributed by atoms with Gasteiger partial charge in [0.2, 0.25) is 0 Å². The smallest absolute Gasteiger partial charge is 0.333 e. The van der Waals surface area contributed by atoms with Gasteiger partial charge in [-0.3, -0.25) is 0 Å². The highest BCUT2D eigenvalue weighted by Gasteiger charge is 2.20. The molecule has 0 saturated heterocycles. The molecule has 2 N–H and O–H groups in total. The van der Waals surface area contributed by atoms with Gasteiger partial charge in [0.15, 0.2) is 11.5 Å². The van der Waals surface area contributed by atoms with Crippen molar-refractivity contribution in [3.8, 4) is 5.95 Å². The molecule has 0 spiro atoms. The van der Waals surface area contributed by atoms with Crippen LogP contribution >= 0.6 is 0 Å². The molecule has 0 aliphatic heterocycles. The second-order valence-electron chi connectivity index (χ2n) is 4.49. The first-order valence-corrected chi connectivity index (χ1v) is 6.68. The largest absolute Gasteiger partial charge is 0.348 e. The van der Waals surface area contributed by atoms with Crippen molar-refractivity contribution in [1.82, 2.24) is 5.16 Å². The van der Waals surface area contributed by atoms with E-state index in [2.05, 4.69) is 20.6 Å². The highest BCUT2D eigenvalue weighted by atomic mass is 17.0. The third-order valence-corrected chi connectivity index (χ3v) is 2.90. The van der Waals surface area contributed by atoms with Gasteiger partial charge < -0.3 is 15.2 Å². The maximum Gasteiger partial charge on any atom is 0.333 e. The van der Waals surface area contributed by atoms with Gasteiger partial charge in [-0.2, -0.15) is 0 Å². The van der Waals surface area contributed by atoms with Crippen LogP contribution in [0.15, 0.2) is 65.2 Å². The number of hydrogen-bond acceptors (Lipinski definition) is 7. The number of nitrogens with one attached hydrogen (secondary N) is 2. The minimum Gasteiger partial charge on any atom is -0.348 e. The summed E-state index contributed by atoms with van der Waals surface area (Å²) in [4.78, 5) is 15.0. The highest BCUT2D eigenvalue weighted by Crippen LogP contribution is 2.36. The van der Waals surface area contributed by atoms with Crippen molar-refractivity contribution in [2.45, 2.75) is 0 Å². The molecule has 1 aromatic heterocycles. The normalized spacial score (nSPS) is 10.1. The van der Waals surface area contributed by atoms with Crippen LogP contribution in [0, 0.1) is 10.1 Å². The van der Waals surface area contributed by atoms with E-state index >= 15 is 0 Å². The fourth-order valence-corrected chi connectivity index (χ4v) is 1.92. The third kappa shape index (κ3) is 3.56. The zero-order valence-corrected chi connectivity index (χ0v) is 11.8. The van der Waals surface area contributed by atoms with E-state index in [-0.39, 0.29) is 17.5 Å². The lowest BCUT2D eigenvalue weighted by Crippen LogP contribution is -2.05. The quantitative estimate of drug-likeness (QED) is 0.528. The van der Waals surface area contributed by atoms with Crippen molar-refractivity contribution < 1.29 is 14.4 Å². The minimum atomic E-state index is -0.955. The topological polar surface area (TPSA) is 102 Å². The van der Waals surface area contributed by atoms with Crippen molar-refractivity contribution in [2.75, 3.05) is 10.6 Å². The number of para-hydroxylation sites is 2. The molecule has 2 aromatic carbocycles. The molecule has 3 rings (SSSR count). The molecule has 0 atom stereocenters. The van der Waals surface area contributed by atoms with E-state index in [0.717, 1.165) is 5.69 Å². The van der Waals surface area contributed by atoms with E-state index in [0.29, 0.717) is 5.69 Å². The van der Waals surface area contributed by atoms with Gasteiger partial charge in [0, 0.05) is 11.4 Å². The molecule has 8 heteroatoms. The van der Waals surface area contributed by atoms with Crippen LogP contribution in [0.2, 0.25) is 0 Å². The standard InChI is InChI=1S/C15H12N4O4/c20-19(21)23-15-13(16-11-7-3-1-4-8-11)14(18-22-15)17-12-9-5-2-6-10-12/h1-10,16H,(H,17,18). The molecule has 0 radical (unpaired) electrons. The predicted octanol–water partition coefficient (Wildman–Crippen LogP) is 3.73. The molecule has 23 heavy (non-hydrogen) atoms. The van der Waals surface area contributed by atoms with Gasteiger partial charge in [0.05, 0.1) is 0 Å². The first-order valence-electron chi connectivity index (χ1n) is 6.68. The van der Waals surface area contributed by atoms with Crippen molar-refractivity contribution >= 4 is 22.9 Å². The predicted molar refractivity (Wildman–Crippen MR) is 83.6 cm³/mol. The number of rotatable bonds is 6. The molecule has 0 saturated carbocycles. The molecular formula is C15H12N4O4. The Labute approximate surface area is 130 Å². The van der Waals surface area contributed by atoms with Gasteiger partial charge in [-0.15, -0.1) is 10.1 Å². The molecular weight excluding hydrogens is 300 g/mol. The summed E-state index contributed by atoms with van der Waals surface area (Å²) in [7, 11) is 0. The zero-order chi connectivity index (χ0) is 16.1. The molecule has 0 unspecified atom stereocenters. The van der Waals surface area contributed by atoms with E-state index in [1.165, 1.54) is 0 Å². The van der Waals surface area contributed by atoms with Gasteiger partial charge in [-0.05, 0) is 24.3 Å². The fourth-order valence-electron chi connectivity index (χ4n) is 1.92. The Balaban J connectivity index is 1.92. The number of benzene rings is 2. The summed E-state index contributed by atoms with van der Waals surface area (Å²) < 4.78 is 4.91. The van der Waals surface area contributed by atoms with Crippen LogP contribution in [0.25, 0.3) is 0 Å². The number of aromatic nitrogens is 1. The Morgan fingerprint density at radius 2 is 1.52 bits per heavy atom. The molecule has 0 fully saturated rings. The summed E-state index contributed by atoms with van der Waals surface area (Å²) >= 11 is 0. The summed E-state index contributed by atoms with van der Waals surface area (Å²) in [6, 6.07) is 18.3. The Kier molecular flexibility index (Phi) is 4.05. The van der Waals surface area contributed by atoms with Crippen molar-refractivity contribution in [3.05, 3.63) is 70.8 Å². The lowest BCUT2D eigenvalue weighted by atomic mass is 10.3. The maximum absolute atomic E-state index is 10.6. The van der Waals surface area contributed by atoms with Gasteiger partial charge in [-0.1, -0.05) is 41.6 Å². The first-order chi connectivity index (χ1) is 11.2. The Bertz CT molecular complexity index is 790. The third-order valence-electron chi connectivity index (χ3n) is 2.90. The second-order valence-corrected chi connectivity index (χ2v) is 4.49. The van der Waals surface area contributed by atoms with Crippen LogP contribution in [-0.4, -0.2) is 10.2 Å². The van der Waals surface area contributed by atoms with E-state index in [1.54, 1.807) is 12.1 Å². The Morgan fingerprint density at radius 1 is 0.957 bits per heavy atom. The summed E-state index contributed by atoms with van der Waals surface area (Å²) in [6.07, 6.45) is 0. The minimum absolute atomic E-state index is 0.233. The van der Waals surface area contributed by atoms with Gasteiger partial charge in [0.25, 0.3) is 0 Å². The maximum atomic E-state index is 10.6. The van der Waals surface area contributed by atoms with E-state index < -0.39 is 5.09 Å². The van der Waals surface area contributed by atoms with Crippen LogP contribution in [0.1, 0.15) is 0 Å². The summed E-state index contributed by atoms with van der Waals surface area (Å²) in [5.74, 6) is -0.0609. The van der Waals surface area contributed by atoms with Gasteiger partial charge in [-0.25, -0.2) is 4.84 Å². The van der Waals surface area contributed by atoms with Gasteiger partial charge in [0.1, 0.15) is 0 Å². The lowest BCUT2D eigenvalue weighted by molar-refractivity contribution is -0.714. The van der Waals surface area contributed by atoms with E-state index in [9.17, 15) is 10.1 Å². The lowest BCUT2D eigenvalue weighted by Gasteiger charge is -2.08. The summed E-state index contributed by atoms with van der Waals surface area (Å²) in [5, 5.41) is 19.4. The Hall–Kier alpha value is -3.55. The van der Waals surface area contributed by atoms with Crippen LogP contribution in [0.3, 0.4) is 0 Å². The molecule has 0 amide bonds. The zero-order valence-electron chi connectivity index (χ0n) is 11.8. The number of nitrogens with zero attached hydrogens (tertiary/aromatic N) is 2. The summed E-state index contributed by atoms with van der Waals surface area (Å²) in [6.45, 7) is 0. The fraction of sp³-hybridized carbons (Fsp3) is 0. The molecule has 3 aromatic rings. The monoisotopic (exact) mass is 312 g/mol. The first kappa shape index (κ1) is 14.4.